The highest BCUT2D eigenvalue weighted by molar-refractivity contribution is 5.29. The van der Waals surface area contributed by atoms with Crippen LogP contribution in [0.4, 0.5) is 5.95 Å². The van der Waals surface area contributed by atoms with E-state index in [2.05, 4.69) is 28.8 Å². The van der Waals surface area contributed by atoms with E-state index in [1.807, 2.05) is 19.9 Å². The molecule has 3 nitrogen and oxygen atoms in total. The molecule has 14 heavy (non-hydrogen) atoms. The number of nitrogens with zero attached hydrogens (tertiary/aromatic N) is 2. The second-order valence-corrected chi connectivity index (χ2v) is 3.49. The molecule has 1 heterocycles. The van der Waals surface area contributed by atoms with Gasteiger partial charge in [0, 0.05) is 17.9 Å². The third-order valence-electron chi connectivity index (χ3n) is 1.82. The van der Waals surface area contributed by atoms with Crippen LogP contribution < -0.4 is 5.32 Å². The van der Waals surface area contributed by atoms with Gasteiger partial charge in [0.25, 0.3) is 0 Å². The Morgan fingerprint density at radius 2 is 2.21 bits per heavy atom. The van der Waals surface area contributed by atoms with Crippen molar-refractivity contribution >= 4 is 5.95 Å². The molecule has 0 bridgehead atoms. The lowest BCUT2D eigenvalue weighted by atomic mass is 10.3. The maximum atomic E-state index is 4.36. The topological polar surface area (TPSA) is 37.8 Å². The summed E-state index contributed by atoms with van der Waals surface area (Å²) in [4.78, 5) is 8.65. The van der Waals surface area contributed by atoms with Gasteiger partial charge in [-0.05, 0) is 26.3 Å². The summed E-state index contributed by atoms with van der Waals surface area (Å²) < 4.78 is 0. The summed E-state index contributed by atoms with van der Waals surface area (Å²) in [6, 6.07) is 2.01. The first-order chi connectivity index (χ1) is 6.61. The van der Waals surface area contributed by atoms with Crippen molar-refractivity contribution in [2.75, 3.05) is 11.9 Å². The van der Waals surface area contributed by atoms with E-state index in [-0.39, 0.29) is 0 Å². The van der Waals surface area contributed by atoms with Crippen LogP contribution in [0.3, 0.4) is 0 Å². The smallest absolute Gasteiger partial charge is 0.223 e. The van der Waals surface area contributed by atoms with E-state index in [1.165, 1.54) is 0 Å². The minimum atomic E-state index is 0.699. The Morgan fingerprint density at radius 1 is 1.50 bits per heavy atom. The quantitative estimate of drug-likeness (QED) is 0.742. The molecule has 1 N–H and O–H groups in total. The molecule has 1 aromatic heterocycles. The van der Waals surface area contributed by atoms with Crippen molar-refractivity contribution in [3.05, 3.63) is 29.6 Å². The molecule has 0 aromatic carbocycles. The van der Waals surface area contributed by atoms with Crippen LogP contribution in [0.2, 0.25) is 0 Å². The van der Waals surface area contributed by atoms with E-state index in [9.17, 15) is 0 Å². The fraction of sp³-hybridized carbons (Fsp3) is 0.455. The van der Waals surface area contributed by atoms with E-state index in [4.69, 9.17) is 0 Å². The van der Waals surface area contributed by atoms with Crippen molar-refractivity contribution in [3.8, 4) is 0 Å². The molecule has 0 aliphatic carbocycles. The largest absolute Gasteiger partial charge is 0.350 e. The second kappa shape index (κ2) is 4.74. The molecule has 0 fully saturated rings. The summed E-state index contributed by atoms with van der Waals surface area (Å²) in [7, 11) is 0. The van der Waals surface area contributed by atoms with Gasteiger partial charge in [-0.2, -0.15) is 0 Å². The number of aryl methyl sites for hydroxylation is 2. The number of aromatic nitrogens is 2. The van der Waals surface area contributed by atoms with Gasteiger partial charge in [-0.3, -0.25) is 0 Å². The van der Waals surface area contributed by atoms with Gasteiger partial charge in [0.05, 0.1) is 0 Å². The van der Waals surface area contributed by atoms with Crippen LogP contribution in [0.1, 0.15) is 25.2 Å². The molecule has 1 aromatic rings. The summed E-state index contributed by atoms with van der Waals surface area (Å²) in [5.74, 6) is 0.699. The van der Waals surface area contributed by atoms with E-state index in [0.717, 1.165) is 29.9 Å². The van der Waals surface area contributed by atoms with Crippen LogP contribution in [0, 0.1) is 6.92 Å². The van der Waals surface area contributed by atoms with Crippen molar-refractivity contribution in [1.29, 1.82) is 0 Å². The lowest BCUT2D eigenvalue weighted by molar-refractivity contribution is 0.966. The van der Waals surface area contributed by atoms with Crippen molar-refractivity contribution < 1.29 is 0 Å². The average molecular weight is 191 g/mol. The highest BCUT2D eigenvalue weighted by Gasteiger charge is 1.99. The molecule has 76 valence electrons. The van der Waals surface area contributed by atoms with Gasteiger partial charge in [0.2, 0.25) is 5.95 Å². The van der Waals surface area contributed by atoms with Crippen LogP contribution in [-0.2, 0) is 6.42 Å². The Hall–Kier alpha value is -1.38. The molecule has 0 spiro atoms. The molecule has 0 aliphatic heterocycles. The van der Waals surface area contributed by atoms with Crippen molar-refractivity contribution in [3.63, 3.8) is 0 Å². The minimum absolute atomic E-state index is 0.699. The van der Waals surface area contributed by atoms with Crippen LogP contribution in [0.25, 0.3) is 0 Å². The SMILES string of the molecule is C=C(C)CNc1nc(C)cc(CC)n1. The zero-order valence-electron chi connectivity index (χ0n) is 9.09. The Bertz CT molecular complexity index is 331. The molecule has 1 rings (SSSR count). The van der Waals surface area contributed by atoms with Gasteiger partial charge in [0.15, 0.2) is 0 Å². The fourth-order valence-electron chi connectivity index (χ4n) is 1.12. The molecule has 3 heteroatoms. The first-order valence-corrected chi connectivity index (χ1v) is 4.84. The maximum absolute atomic E-state index is 4.36. The molecular formula is C11H17N3. The second-order valence-electron chi connectivity index (χ2n) is 3.49. The number of hydrogen-bond acceptors (Lipinski definition) is 3. The van der Waals surface area contributed by atoms with E-state index in [1.54, 1.807) is 0 Å². The Kier molecular flexibility index (Phi) is 3.63. The van der Waals surface area contributed by atoms with Crippen LogP contribution in [-0.4, -0.2) is 16.5 Å². The lowest BCUT2D eigenvalue weighted by Crippen LogP contribution is -2.07. The summed E-state index contributed by atoms with van der Waals surface area (Å²) in [5, 5.41) is 3.14. The van der Waals surface area contributed by atoms with Crippen molar-refractivity contribution in [1.82, 2.24) is 9.97 Å². The van der Waals surface area contributed by atoms with Crippen molar-refractivity contribution in [2.45, 2.75) is 27.2 Å². The average Bonchev–Trinajstić information content (AvgIpc) is 2.14. The number of anilines is 1. The van der Waals surface area contributed by atoms with Gasteiger partial charge >= 0.3 is 0 Å². The van der Waals surface area contributed by atoms with Gasteiger partial charge < -0.3 is 5.32 Å². The Morgan fingerprint density at radius 3 is 2.79 bits per heavy atom. The Labute approximate surface area is 85.3 Å². The lowest BCUT2D eigenvalue weighted by Gasteiger charge is -2.06. The zero-order valence-corrected chi connectivity index (χ0v) is 9.09. The number of nitrogens with one attached hydrogen (secondary N) is 1. The normalized spacial score (nSPS) is 9.93. The number of hydrogen-bond donors (Lipinski definition) is 1. The molecule has 0 amide bonds. The maximum Gasteiger partial charge on any atom is 0.223 e. The predicted molar refractivity (Wildman–Crippen MR) is 59.5 cm³/mol. The fourth-order valence-corrected chi connectivity index (χ4v) is 1.12. The van der Waals surface area contributed by atoms with Crippen molar-refractivity contribution in [2.24, 2.45) is 0 Å². The summed E-state index contributed by atoms with van der Waals surface area (Å²) >= 11 is 0. The summed E-state index contributed by atoms with van der Waals surface area (Å²) in [5.41, 5.74) is 3.15. The highest BCUT2D eigenvalue weighted by atomic mass is 15.1. The summed E-state index contributed by atoms with van der Waals surface area (Å²) in [6.07, 6.45) is 0.936. The molecule has 0 atom stereocenters. The molecule has 0 unspecified atom stereocenters. The first kappa shape index (κ1) is 10.7. The molecule has 0 saturated heterocycles. The van der Waals surface area contributed by atoms with E-state index in [0.29, 0.717) is 5.95 Å². The monoisotopic (exact) mass is 191 g/mol. The Balaban J connectivity index is 2.76. The molecule has 0 aliphatic rings. The predicted octanol–water partition coefficient (Wildman–Crippen LogP) is 2.34. The first-order valence-electron chi connectivity index (χ1n) is 4.84. The summed E-state index contributed by atoms with van der Waals surface area (Å²) in [6.45, 7) is 10.6. The third kappa shape index (κ3) is 3.17. The van der Waals surface area contributed by atoms with Gasteiger partial charge in [-0.1, -0.05) is 19.1 Å². The van der Waals surface area contributed by atoms with Gasteiger partial charge in [0.1, 0.15) is 0 Å². The molecule has 0 radical (unpaired) electrons. The van der Waals surface area contributed by atoms with Gasteiger partial charge in [-0.25, -0.2) is 9.97 Å². The molecular weight excluding hydrogens is 174 g/mol. The minimum Gasteiger partial charge on any atom is -0.350 e. The number of rotatable bonds is 4. The third-order valence-corrected chi connectivity index (χ3v) is 1.82. The van der Waals surface area contributed by atoms with Crippen LogP contribution >= 0.6 is 0 Å². The van der Waals surface area contributed by atoms with Gasteiger partial charge in [-0.15, -0.1) is 0 Å². The molecule has 0 saturated carbocycles. The van der Waals surface area contributed by atoms with Crippen LogP contribution in [0.15, 0.2) is 18.2 Å². The zero-order chi connectivity index (χ0) is 10.6. The highest BCUT2D eigenvalue weighted by Crippen LogP contribution is 2.05. The van der Waals surface area contributed by atoms with Crippen LogP contribution in [0.5, 0.6) is 0 Å². The standard InChI is InChI=1S/C11H17N3/c1-5-10-6-9(4)13-11(14-10)12-7-8(2)3/h6H,2,5,7H2,1,3-4H3,(H,12,13,14). The van der Waals surface area contributed by atoms with E-state index >= 15 is 0 Å². The van der Waals surface area contributed by atoms with E-state index < -0.39 is 0 Å².